The molecule has 0 aromatic rings. The summed E-state index contributed by atoms with van der Waals surface area (Å²) in [5.41, 5.74) is 0. The highest BCUT2D eigenvalue weighted by Gasteiger charge is 2.19. The molecule has 1 N–H and O–H groups in total. The van der Waals surface area contributed by atoms with E-state index in [1.165, 1.54) is 0 Å². The van der Waals surface area contributed by atoms with Crippen molar-refractivity contribution in [3.63, 3.8) is 0 Å². The van der Waals surface area contributed by atoms with Crippen molar-refractivity contribution in [1.82, 2.24) is 5.32 Å². The van der Waals surface area contributed by atoms with Crippen molar-refractivity contribution in [1.29, 1.82) is 0 Å². The first-order valence-corrected chi connectivity index (χ1v) is 4.06. The van der Waals surface area contributed by atoms with Crippen molar-refractivity contribution in [2.45, 2.75) is 0 Å². The molecule has 0 aromatic carbocycles. The third-order valence-corrected chi connectivity index (χ3v) is 2.06. The Labute approximate surface area is 67.3 Å². The molecule has 11 heavy (non-hydrogen) atoms. The SMILES string of the molecule is CNCC[N+]1([O-])CCOCC1. The van der Waals surface area contributed by atoms with E-state index < -0.39 is 0 Å². The second-order valence-corrected chi connectivity index (χ2v) is 2.94. The van der Waals surface area contributed by atoms with Gasteiger partial charge in [0.05, 0.1) is 19.8 Å². The van der Waals surface area contributed by atoms with Crippen LogP contribution in [0.2, 0.25) is 0 Å². The molecular weight excluding hydrogens is 144 g/mol. The van der Waals surface area contributed by atoms with Crippen molar-refractivity contribution >= 4 is 0 Å². The van der Waals surface area contributed by atoms with Gasteiger partial charge < -0.3 is 19.9 Å². The summed E-state index contributed by atoms with van der Waals surface area (Å²) in [4.78, 5) is 0. The molecule has 66 valence electrons. The van der Waals surface area contributed by atoms with Crippen LogP contribution in [0.4, 0.5) is 0 Å². The van der Waals surface area contributed by atoms with Crippen molar-refractivity contribution in [3.8, 4) is 0 Å². The van der Waals surface area contributed by atoms with E-state index in [-0.39, 0.29) is 4.65 Å². The van der Waals surface area contributed by atoms with Crippen LogP contribution in [-0.2, 0) is 4.74 Å². The van der Waals surface area contributed by atoms with Crippen LogP contribution in [0.25, 0.3) is 0 Å². The van der Waals surface area contributed by atoms with E-state index in [1.807, 2.05) is 7.05 Å². The maximum atomic E-state index is 11.7. The van der Waals surface area contributed by atoms with E-state index in [2.05, 4.69) is 5.32 Å². The van der Waals surface area contributed by atoms with E-state index >= 15 is 0 Å². The maximum absolute atomic E-state index is 11.7. The molecule has 1 aliphatic rings. The monoisotopic (exact) mass is 160 g/mol. The van der Waals surface area contributed by atoms with Gasteiger partial charge in [-0.1, -0.05) is 0 Å². The summed E-state index contributed by atoms with van der Waals surface area (Å²) in [6, 6.07) is 0. The van der Waals surface area contributed by atoms with Crippen LogP contribution in [0.15, 0.2) is 0 Å². The fraction of sp³-hybridized carbons (Fsp3) is 1.00. The van der Waals surface area contributed by atoms with Gasteiger partial charge in [-0.15, -0.1) is 0 Å². The molecule has 0 aliphatic carbocycles. The molecule has 1 aliphatic heterocycles. The number of nitrogens with zero attached hydrogens (tertiary/aromatic N) is 1. The minimum Gasteiger partial charge on any atom is -0.633 e. The highest BCUT2D eigenvalue weighted by molar-refractivity contribution is 4.51. The summed E-state index contributed by atoms with van der Waals surface area (Å²) in [7, 11) is 1.87. The minimum atomic E-state index is -0.0825. The number of nitrogens with one attached hydrogen (secondary N) is 1. The highest BCUT2D eigenvalue weighted by atomic mass is 16.6. The zero-order chi connectivity index (χ0) is 8.16. The fourth-order valence-electron chi connectivity index (χ4n) is 1.21. The molecular formula is C7H16N2O2. The van der Waals surface area contributed by atoms with Gasteiger partial charge in [0.2, 0.25) is 0 Å². The molecule has 0 aromatic heterocycles. The molecule has 4 nitrogen and oxygen atoms in total. The minimum absolute atomic E-state index is 0.0825. The summed E-state index contributed by atoms with van der Waals surface area (Å²) < 4.78 is 5.03. The second kappa shape index (κ2) is 4.01. The lowest BCUT2D eigenvalue weighted by atomic mass is 10.4. The van der Waals surface area contributed by atoms with Crippen LogP contribution in [0.5, 0.6) is 0 Å². The molecule has 1 heterocycles. The number of quaternary nitrogens is 1. The van der Waals surface area contributed by atoms with Crippen molar-refractivity contribution < 1.29 is 9.38 Å². The average Bonchev–Trinajstić information content (AvgIpc) is 2.03. The molecule has 0 bridgehead atoms. The van der Waals surface area contributed by atoms with E-state index in [1.54, 1.807) is 0 Å². The van der Waals surface area contributed by atoms with Crippen molar-refractivity contribution in [2.24, 2.45) is 0 Å². The predicted molar refractivity (Wildman–Crippen MR) is 43.0 cm³/mol. The van der Waals surface area contributed by atoms with Gasteiger partial charge in [0, 0.05) is 6.54 Å². The average molecular weight is 160 g/mol. The topological polar surface area (TPSA) is 44.3 Å². The van der Waals surface area contributed by atoms with Gasteiger partial charge in [-0.2, -0.15) is 0 Å². The number of ether oxygens (including phenoxy) is 1. The number of morpholine rings is 1. The van der Waals surface area contributed by atoms with Gasteiger partial charge in [0.25, 0.3) is 0 Å². The van der Waals surface area contributed by atoms with Crippen LogP contribution in [0.3, 0.4) is 0 Å². The Bertz CT molecular complexity index is 113. The van der Waals surface area contributed by atoms with Gasteiger partial charge in [-0.3, -0.25) is 0 Å². The third-order valence-electron chi connectivity index (χ3n) is 2.06. The van der Waals surface area contributed by atoms with Crippen LogP contribution in [0.1, 0.15) is 0 Å². The molecule has 0 unspecified atom stereocenters. The fourth-order valence-corrected chi connectivity index (χ4v) is 1.21. The molecule has 0 saturated carbocycles. The van der Waals surface area contributed by atoms with E-state index in [9.17, 15) is 5.21 Å². The lowest BCUT2D eigenvalue weighted by Crippen LogP contribution is -2.52. The van der Waals surface area contributed by atoms with Crippen molar-refractivity contribution in [2.75, 3.05) is 46.4 Å². The zero-order valence-electron chi connectivity index (χ0n) is 7.01. The molecule has 1 rings (SSSR count). The molecule has 0 atom stereocenters. The number of hydrogen-bond donors (Lipinski definition) is 1. The van der Waals surface area contributed by atoms with Crippen LogP contribution < -0.4 is 5.32 Å². The van der Waals surface area contributed by atoms with Crippen molar-refractivity contribution in [3.05, 3.63) is 5.21 Å². The zero-order valence-corrected chi connectivity index (χ0v) is 7.01. The predicted octanol–water partition coefficient (Wildman–Crippen LogP) is -0.449. The first kappa shape index (κ1) is 8.93. The molecule has 0 amide bonds. The number of rotatable bonds is 3. The Balaban J connectivity index is 2.25. The van der Waals surface area contributed by atoms with Gasteiger partial charge in [0.15, 0.2) is 0 Å². The molecule has 0 radical (unpaired) electrons. The smallest absolute Gasteiger partial charge is 0.102 e. The first-order valence-electron chi connectivity index (χ1n) is 4.06. The van der Waals surface area contributed by atoms with Gasteiger partial charge in [0.1, 0.15) is 13.1 Å². The van der Waals surface area contributed by atoms with E-state index in [0.29, 0.717) is 32.8 Å². The Morgan fingerprint density at radius 1 is 1.45 bits per heavy atom. The summed E-state index contributed by atoms with van der Waals surface area (Å²) in [5, 5.41) is 14.7. The van der Waals surface area contributed by atoms with Crippen LogP contribution in [0, 0.1) is 5.21 Å². The molecule has 4 heteroatoms. The molecule has 1 fully saturated rings. The summed E-state index contributed by atoms with van der Waals surface area (Å²) in [5.74, 6) is 0. The second-order valence-electron chi connectivity index (χ2n) is 2.94. The lowest BCUT2D eigenvalue weighted by Gasteiger charge is -2.45. The largest absolute Gasteiger partial charge is 0.633 e. The Hall–Kier alpha value is -0.160. The molecule has 1 saturated heterocycles. The quantitative estimate of drug-likeness (QED) is 0.449. The molecule has 0 spiro atoms. The standard InChI is InChI=1S/C7H16N2O2/c1-8-2-3-9(10)4-6-11-7-5-9/h8H,2-7H2,1H3. The highest BCUT2D eigenvalue weighted by Crippen LogP contribution is 2.07. The Kier molecular flexibility index (Phi) is 3.26. The van der Waals surface area contributed by atoms with Gasteiger partial charge in [-0.05, 0) is 7.05 Å². The number of likely N-dealkylation sites (N-methyl/N-ethyl adjacent to an activating group) is 1. The summed E-state index contributed by atoms with van der Waals surface area (Å²) in [6.07, 6.45) is 0. The lowest BCUT2D eigenvalue weighted by molar-refractivity contribution is -0.887. The van der Waals surface area contributed by atoms with Gasteiger partial charge in [-0.25, -0.2) is 0 Å². The maximum Gasteiger partial charge on any atom is 0.102 e. The third kappa shape index (κ3) is 2.75. The van der Waals surface area contributed by atoms with Gasteiger partial charge >= 0.3 is 0 Å². The Morgan fingerprint density at radius 2 is 2.09 bits per heavy atom. The van der Waals surface area contributed by atoms with E-state index in [0.717, 1.165) is 6.54 Å². The number of hydrogen-bond acceptors (Lipinski definition) is 3. The van der Waals surface area contributed by atoms with Crippen LogP contribution >= 0.6 is 0 Å². The van der Waals surface area contributed by atoms with E-state index in [4.69, 9.17) is 4.74 Å². The summed E-state index contributed by atoms with van der Waals surface area (Å²) in [6.45, 7) is 3.92. The normalized spacial score (nSPS) is 23.5. The Morgan fingerprint density at radius 3 is 2.64 bits per heavy atom. The summed E-state index contributed by atoms with van der Waals surface area (Å²) >= 11 is 0. The van der Waals surface area contributed by atoms with Crippen LogP contribution in [-0.4, -0.2) is 51.1 Å². The first-order chi connectivity index (χ1) is 5.27. The number of hydroxylamine groups is 3.